The van der Waals surface area contributed by atoms with Crippen molar-refractivity contribution in [1.82, 2.24) is 5.32 Å². The fourth-order valence-corrected chi connectivity index (χ4v) is 3.51. The smallest absolute Gasteiger partial charge is 0.251 e. The van der Waals surface area contributed by atoms with E-state index in [1.54, 1.807) is 11.3 Å². The van der Waals surface area contributed by atoms with Crippen molar-refractivity contribution in [2.45, 2.75) is 25.4 Å². The summed E-state index contributed by atoms with van der Waals surface area (Å²) in [6.07, 6.45) is 2.33. The molecular formula is C18H22N2O2S. The van der Waals surface area contributed by atoms with E-state index < -0.39 is 0 Å². The molecule has 122 valence electrons. The average Bonchev–Trinajstić information content (AvgIpc) is 3.09. The van der Waals surface area contributed by atoms with Crippen LogP contribution in [0.3, 0.4) is 0 Å². The van der Waals surface area contributed by atoms with Crippen LogP contribution < -0.4 is 10.2 Å². The summed E-state index contributed by atoms with van der Waals surface area (Å²) in [5, 5.41) is 14.6. The number of hydrogen-bond acceptors (Lipinski definition) is 4. The van der Waals surface area contributed by atoms with Gasteiger partial charge in [-0.05, 0) is 55.0 Å². The van der Waals surface area contributed by atoms with Gasteiger partial charge in [0.25, 0.3) is 5.91 Å². The number of carbonyl (C=O) groups is 1. The van der Waals surface area contributed by atoms with E-state index in [1.165, 1.54) is 4.88 Å². The van der Waals surface area contributed by atoms with Crippen LogP contribution in [0.25, 0.3) is 0 Å². The van der Waals surface area contributed by atoms with Crippen LogP contribution in [0.1, 0.15) is 28.1 Å². The Morgan fingerprint density at radius 2 is 1.96 bits per heavy atom. The highest BCUT2D eigenvalue weighted by Crippen LogP contribution is 2.20. The first-order valence-electron chi connectivity index (χ1n) is 8.06. The molecule has 5 heteroatoms. The summed E-state index contributed by atoms with van der Waals surface area (Å²) in [7, 11) is 0. The number of nitrogens with zero attached hydrogens (tertiary/aromatic N) is 1. The van der Waals surface area contributed by atoms with Crippen LogP contribution in [-0.2, 0) is 6.42 Å². The molecule has 0 spiro atoms. The second-order valence-corrected chi connectivity index (χ2v) is 6.88. The van der Waals surface area contributed by atoms with E-state index in [0.717, 1.165) is 38.0 Å². The molecule has 1 aliphatic rings. The Bertz CT molecular complexity index is 617. The maximum atomic E-state index is 12.1. The van der Waals surface area contributed by atoms with Gasteiger partial charge in [-0.2, -0.15) is 0 Å². The van der Waals surface area contributed by atoms with E-state index in [0.29, 0.717) is 12.1 Å². The van der Waals surface area contributed by atoms with Gasteiger partial charge >= 0.3 is 0 Å². The van der Waals surface area contributed by atoms with Crippen LogP contribution in [-0.4, -0.2) is 36.8 Å². The molecule has 1 aromatic heterocycles. The zero-order valence-corrected chi connectivity index (χ0v) is 13.9. The van der Waals surface area contributed by atoms with Gasteiger partial charge in [-0.25, -0.2) is 0 Å². The molecule has 0 saturated carbocycles. The molecule has 0 radical (unpaired) electrons. The fraction of sp³-hybridized carbons (Fsp3) is 0.389. The molecule has 0 unspecified atom stereocenters. The number of thiophene rings is 1. The quantitative estimate of drug-likeness (QED) is 0.886. The molecule has 2 N–H and O–H groups in total. The highest BCUT2D eigenvalue weighted by molar-refractivity contribution is 7.09. The lowest BCUT2D eigenvalue weighted by Crippen LogP contribution is -2.35. The van der Waals surface area contributed by atoms with Crippen molar-refractivity contribution >= 4 is 22.9 Å². The van der Waals surface area contributed by atoms with E-state index >= 15 is 0 Å². The van der Waals surface area contributed by atoms with Gasteiger partial charge in [-0.15, -0.1) is 11.3 Å². The molecule has 1 fully saturated rings. The van der Waals surface area contributed by atoms with Crippen LogP contribution in [0.4, 0.5) is 5.69 Å². The normalized spacial score (nSPS) is 15.6. The third-order valence-corrected chi connectivity index (χ3v) is 5.13. The number of carbonyl (C=O) groups excluding carboxylic acids is 1. The zero-order valence-electron chi connectivity index (χ0n) is 13.1. The van der Waals surface area contributed by atoms with Crippen molar-refractivity contribution in [2.75, 3.05) is 24.5 Å². The van der Waals surface area contributed by atoms with Gasteiger partial charge in [-0.3, -0.25) is 4.79 Å². The average molecular weight is 330 g/mol. The van der Waals surface area contributed by atoms with Crippen molar-refractivity contribution < 1.29 is 9.90 Å². The lowest BCUT2D eigenvalue weighted by atomic mass is 10.1. The van der Waals surface area contributed by atoms with Gasteiger partial charge in [0.1, 0.15) is 0 Å². The number of benzene rings is 1. The summed E-state index contributed by atoms with van der Waals surface area (Å²) >= 11 is 1.71. The van der Waals surface area contributed by atoms with E-state index in [9.17, 15) is 9.90 Å². The number of nitrogens with one attached hydrogen (secondary N) is 1. The summed E-state index contributed by atoms with van der Waals surface area (Å²) in [5.41, 5.74) is 1.81. The van der Waals surface area contributed by atoms with Gasteiger partial charge in [0, 0.05) is 35.8 Å². The maximum absolute atomic E-state index is 12.1. The van der Waals surface area contributed by atoms with Gasteiger partial charge in [0.2, 0.25) is 0 Å². The van der Waals surface area contributed by atoms with E-state index in [2.05, 4.69) is 21.7 Å². The Morgan fingerprint density at radius 3 is 2.61 bits per heavy atom. The molecule has 1 aliphatic heterocycles. The van der Waals surface area contributed by atoms with E-state index in [-0.39, 0.29) is 12.0 Å². The zero-order chi connectivity index (χ0) is 16.1. The minimum Gasteiger partial charge on any atom is -0.393 e. The third kappa shape index (κ3) is 4.33. The second kappa shape index (κ2) is 7.62. The summed E-state index contributed by atoms with van der Waals surface area (Å²) < 4.78 is 0. The molecule has 4 nitrogen and oxygen atoms in total. The van der Waals surface area contributed by atoms with E-state index in [1.807, 2.05) is 30.3 Å². The molecule has 2 aromatic rings. The Labute approximate surface area is 140 Å². The molecule has 1 saturated heterocycles. The first-order valence-corrected chi connectivity index (χ1v) is 8.94. The van der Waals surface area contributed by atoms with Gasteiger partial charge in [0.05, 0.1) is 6.10 Å². The molecule has 0 bridgehead atoms. The summed E-state index contributed by atoms with van der Waals surface area (Å²) in [4.78, 5) is 15.7. The predicted molar refractivity (Wildman–Crippen MR) is 94.3 cm³/mol. The standard InChI is InChI=1S/C18H22N2O2S/c21-16-8-11-20(12-9-16)15-5-3-14(4-6-15)18(22)19-10-7-17-2-1-13-23-17/h1-6,13,16,21H,7-12H2,(H,19,22). The van der Waals surface area contributed by atoms with Crippen molar-refractivity contribution in [3.63, 3.8) is 0 Å². The maximum Gasteiger partial charge on any atom is 0.251 e. The molecule has 0 aliphatic carbocycles. The van der Waals surface area contributed by atoms with Crippen molar-refractivity contribution in [1.29, 1.82) is 0 Å². The number of aliphatic hydroxyl groups excluding tert-OH is 1. The van der Waals surface area contributed by atoms with Gasteiger partial charge < -0.3 is 15.3 Å². The number of rotatable bonds is 5. The molecule has 1 aromatic carbocycles. The minimum absolute atomic E-state index is 0.0258. The lowest BCUT2D eigenvalue weighted by molar-refractivity contribution is 0.0954. The summed E-state index contributed by atoms with van der Waals surface area (Å²) in [6.45, 7) is 2.39. The van der Waals surface area contributed by atoms with Crippen LogP contribution in [0, 0.1) is 0 Å². The van der Waals surface area contributed by atoms with E-state index in [4.69, 9.17) is 0 Å². The van der Waals surface area contributed by atoms with Crippen LogP contribution in [0.15, 0.2) is 41.8 Å². The first-order chi connectivity index (χ1) is 11.2. The van der Waals surface area contributed by atoms with Crippen molar-refractivity contribution in [3.8, 4) is 0 Å². The van der Waals surface area contributed by atoms with Crippen molar-refractivity contribution in [3.05, 3.63) is 52.2 Å². The molecule has 3 rings (SSSR count). The van der Waals surface area contributed by atoms with Crippen LogP contribution in [0.5, 0.6) is 0 Å². The lowest BCUT2D eigenvalue weighted by Gasteiger charge is -2.31. The number of piperidine rings is 1. The number of amides is 1. The SMILES string of the molecule is O=C(NCCc1cccs1)c1ccc(N2CCC(O)CC2)cc1. The number of aliphatic hydroxyl groups is 1. The minimum atomic E-state index is -0.167. The van der Waals surface area contributed by atoms with Gasteiger partial charge in [-0.1, -0.05) is 6.07 Å². The summed E-state index contributed by atoms with van der Waals surface area (Å²) in [5.74, 6) is -0.0258. The Hall–Kier alpha value is -1.85. The topological polar surface area (TPSA) is 52.6 Å². The molecule has 0 atom stereocenters. The molecule has 1 amide bonds. The number of hydrogen-bond donors (Lipinski definition) is 2. The third-order valence-electron chi connectivity index (χ3n) is 4.20. The van der Waals surface area contributed by atoms with Crippen molar-refractivity contribution in [2.24, 2.45) is 0 Å². The van der Waals surface area contributed by atoms with Gasteiger partial charge in [0.15, 0.2) is 0 Å². The molecule has 23 heavy (non-hydrogen) atoms. The Balaban J connectivity index is 1.51. The predicted octanol–water partition coefficient (Wildman–Crippen LogP) is 2.68. The van der Waals surface area contributed by atoms with Crippen LogP contribution >= 0.6 is 11.3 Å². The first kappa shape index (κ1) is 16.0. The Morgan fingerprint density at radius 1 is 1.22 bits per heavy atom. The highest BCUT2D eigenvalue weighted by atomic mass is 32.1. The number of anilines is 1. The summed E-state index contributed by atoms with van der Waals surface area (Å²) in [6, 6.07) is 11.8. The second-order valence-electron chi connectivity index (χ2n) is 5.85. The largest absolute Gasteiger partial charge is 0.393 e. The fourth-order valence-electron chi connectivity index (χ4n) is 2.80. The molecular weight excluding hydrogens is 308 g/mol. The highest BCUT2D eigenvalue weighted by Gasteiger charge is 2.17. The van der Waals surface area contributed by atoms with Crippen LogP contribution in [0.2, 0.25) is 0 Å². The molecule has 2 heterocycles. The monoisotopic (exact) mass is 330 g/mol. The Kier molecular flexibility index (Phi) is 5.31.